The van der Waals surface area contributed by atoms with Gasteiger partial charge in [-0.1, -0.05) is 6.92 Å². The van der Waals surface area contributed by atoms with Crippen molar-refractivity contribution in [3.8, 4) is 0 Å². The lowest BCUT2D eigenvalue weighted by molar-refractivity contribution is -0.139. The van der Waals surface area contributed by atoms with E-state index in [1.54, 1.807) is 6.92 Å². The lowest BCUT2D eigenvalue weighted by Gasteiger charge is -2.11. The minimum absolute atomic E-state index is 0.104. The Morgan fingerprint density at radius 2 is 2.38 bits per heavy atom. The molecule has 1 unspecified atom stereocenters. The van der Waals surface area contributed by atoms with E-state index >= 15 is 0 Å². The number of thiazole rings is 1. The molecule has 1 aliphatic heterocycles. The maximum atomic E-state index is 11.7. The predicted molar refractivity (Wildman–Crippen MR) is 61.0 cm³/mol. The van der Waals surface area contributed by atoms with Crippen molar-refractivity contribution in [2.75, 3.05) is 0 Å². The minimum atomic E-state index is -0.194. The number of rotatable bonds is 3. The fraction of sp³-hybridized carbons (Fsp3) is 0.500. The third-order valence-electron chi connectivity index (χ3n) is 2.50. The smallest absolute Gasteiger partial charge is 0.232 e. The van der Waals surface area contributed by atoms with E-state index in [1.807, 2.05) is 5.38 Å². The molecule has 2 heterocycles. The first-order valence-electron chi connectivity index (χ1n) is 4.95. The number of nitrogens with zero attached hydrogens (tertiary/aromatic N) is 2. The zero-order valence-electron chi connectivity index (χ0n) is 8.77. The van der Waals surface area contributed by atoms with E-state index in [-0.39, 0.29) is 24.3 Å². The summed E-state index contributed by atoms with van der Waals surface area (Å²) in [4.78, 5) is 28.7. The van der Waals surface area contributed by atoms with E-state index in [1.165, 1.54) is 16.2 Å². The number of amides is 2. The molecule has 0 saturated carbocycles. The van der Waals surface area contributed by atoms with Crippen LogP contribution in [0.1, 0.15) is 24.0 Å². The third-order valence-corrected chi connectivity index (χ3v) is 3.66. The molecule has 16 heavy (non-hydrogen) atoms. The highest BCUT2D eigenvalue weighted by Gasteiger charge is 2.35. The Kier molecular flexibility index (Phi) is 3.25. The maximum Gasteiger partial charge on any atom is 0.232 e. The Hall–Kier alpha value is -0.940. The molecule has 0 N–H and O–H groups in total. The topological polar surface area (TPSA) is 50.3 Å². The molecule has 2 rings (SSSR count). The Morgan fingerprint density at radius 1 is 1.62 bits per heavy atom. The third kappa shape index (κ3) is 2.10. The highest BCUT2D eigenvalue weighted by molar-refractivity contribution is 7.09. The standard InChI is InChI=1S/C10H11ClN2O2S/c1-6-2-9(14)13(10(6)15)4-8-12-7(3-11)5-16-8/h5-6H,2-4H2,1H3. The Morgan fingerprint density at radius 3 is 2.88 bits per heavy atom. The van der Waals surface area contributed by atoms with Gasteiger partial charge in [0.25, 0.3) is 0 Å². The van der Waals surface area contributed by atoms with Gasteiger partial charge in [0.05, 0.1) is 18.1 Å². The van der Waals surface area contributed by atoms with E-state index in [9.17, 15) is 9.59 Å². The maximum absolute atomic E-state index is 11.7. The van der Waals surface area contributed by atoms with Crippen molar-refractivity contribution in [2.45, 2.75) is 25.8 Å². The second-order valence-corrected chi connectivity index (χ2v) is 5.00. The van der Waals surface area contributed by atoms with Gasteiger partial charge in [0.1, 0.15) is 5.01 Å². The quantitative estimate of drug-likeness (QED) is 0.613. The van der Waals surface area contributed by atoms with Gasteiger partial charge in [0, 0.05) is 17.7 Å². The van der Waals surface area contributed by atoms with Crippen LogP contribution >= 0.6 is 22.9 Å². The van der Waals surface area contributed by atoms with Gasteiger partial charge in [-0.2, -0.15) is 0 Å². The highest BCUT2D eigenvalue weighted by Crippen LogP contribution is 2.22. The van der Waals surface area contributed by atoms with Crippen molar-refractivity contribution >= 4 is 34.8 Å². The molecule has 4 nitrogen and oxygen atoms in total. The molecule has 0 spiro atoms. The second-order valence-electron chi connectivity index (χ2n) is 3.79. The van der Waals surface area contributed by atoms with Gasteiger partial charge < -0.3 is 0 Å². The number of carbonyl (C=O) groups is 2. The number of likely N-dealkylation sites (tertiary alicyclic amines) is 1. The summed E-state index contributed by atoms with van der Waals surface area (Å²) in [6, 6.07) is 0. The Bertz CT molecular complexity index is 432. The van der Waals surface area contributed by atoms with Crippen molar-refractivity contribution in [1.82, 2.24) is 9.88 Å². The van der Waals surface area contributed by atoms with E-state index in [0.29, 0.717) is 12.3 Å². The molecule has 0 radical (unpaired) electrons. The first-order valence-corrected chi connectivity index (χ1v) is 6.36. The van der Waals surface area contributed by atoms with Crippen LogP contribution in [-0.2, 0) is 22.0 Å². The monoisotopic (exact) mass is 258 g/mol. The number of aromatic nitrogens is 1. The van der Waals surface area contributed by atoms with Gasteiger partial charge in [0.2, 0.25) is 11.8 Å². The molecule has 1 aromatic heterocycles. The van der Waals surface area contributed by atoms with Crippen molar-refractivity contribution in [3.05, 3.63) is 16.1 Å². The SMILES string of the molecule is CC1CC(=O)N(Cc2nc(CCl)cs2)C1=O. The highest BCUT2D eigenvalue weighted by atomic mass is 35.5. The predicted octanol–water partition coefficient (Wildman–Crippen LogP) is 1.78. The van der Waals surface area contributed by atoms with Crippen molar-refractivity contribution < 1.29 is 9.59 Å². The summed E-state index contributed by atoms with van der Waals surface area (Å²) in [5, 5.41) is 2.60. The Balaban J connectivity index is 2.09. The van der Waals surface area contributed by atoms with Gasteiger partial charge in [0.15, 0.2) is 0 Å². The molecule has 1 saturated heterocycles. The van der Waals surface area contributed by atoms with Crippen LogP contribution in [0.2, 0.25) is 0 Å². The Labute approximate surface area is 102 Å². The van der Waals surface area contributed by atoms with Gasteiger partial charge in [-0.15, -0.1) is 22.9 Å². The second kappa shape index (κ2) is 4.51. The molecule has 1 aromatic rings. The molecule has 6 heteroatoms. The van der Waals surface area contributed by atoms with E-state index in [4.69, 9.17) is 11.6 Å². The molecular formula is C10H11ClN2O2S. The minimum Gasteiger partial charge on any atom is -0.275 e. The molecule has 1 atom stereocenters. The van der Waals surface area contributed by atoms with Crippen LogP contribution in [0.3, 0.4) is 0 Å². The fourth-order valence-electron chi connectivity index (χ4n) is 1.63. The van der Waals surface area contributed by atoms with Crippen LogP contribution in [0.4, 0.5) is 0 Å². The number of hydrogen-bond acceptors (Lipinski definition) is 4. The number of halogens is 1. The van der Waals surface area contributed by atoms with Gasteiger partial charge >= 0.3 is 0 Å². The molecular weight excluding hydrogens is 248 g/mol. The summed E-state index contributed by atoms with van der Waals surface area (Å²) in [5.74, 6) is -0.0536. The molecule has 1 fully saturated rings. The largest absolute Gasteiger partial charge is 0.275 e. The molecule has 0 aliphatic carbocycles. The number of alkyl halides is 1. The van der Waals surface area contributed by atoms with Gasteiger partial charge in [-0.25, -0.2) is 4.98 Å². The summed E-state index contributed by atoms with van der Waals surface area (Å²) in [6.07, 6.45) is 0.312. The first kappa shape index (κ1) is 11.5. The van der Waals surface area contributed by atoms with Crippen LogP contribution in [-0.4, -0.2) is 21.7 Å². The van der Waals surface area contributed by atoms with E-state index in [0.717, 1.165) is 10.7 Å². The van der Waals surface area contributed by atoms with E-state index < -0.39 is 0 Å². The van der Waals surface area contributed by atoms with Gasteiger partial charge in [-0.05, 0) is 0 Å². The van der Waals surface area contributed by atoms with Crippen LogP contribution in [0.5, 0.6) is 0 Å². The van der Waals surface area contributed by atoms with E-state index in [2.05, 4.69) is 4.98 Å². The van der Waals surface area contributed by atoms with Crippen molar-refractivity contribution in [1.29, 1.82) is 0 Å². The summed E-state index contributed by atoms with van der Waals surface area (Å²) in [5.41, 5.74) is 0.786. The average molecular weight is 259 g/mol. The summed E-state index contributed by atoms with van der Waals surface area (Å²) < 4.78 is 0. The normalized spacial score (nSPS) is 20.9. The summed E-state index contributed by atoms with van der Waals surface area (Å²) >= 11 is 7.06. The van der Waals surface area contributed by atoms with Crippen LogP contribution < -0.4 is 0 Å². The zero-order valence-corrected chi connectivity index (χ0v) is 10.3. The van der Waals surface area contributed by atoms with Crippen LogP contribution in [0.15, 0.2) is 5.38 Å². The van der Waals surface area contributed by atoms with Crippen molar-refractivity contribution in [3.63, 3.8) is 0 Å². The van der Waals surface area contributed by atoms with Crippen LogP contribution in [0, 0.1) is 5.92 Å². The lowest BCUT2D eigenvalue weighted by Crippen LogP contribution is -2.29. The molecule has 1 aliphatic rings. The first-order chi connectivity index (χ1) is 7.61. The van der Waals surface area contributed by atoms with Crippen LogP contribution in [0.25, 0.3) is 0 Å². The zero-order chi connectivity index (χ0) is 11.7. The summed E-state index contributed by atoms with van der Waals surface area (Å²) in [6.45, 7) is 2.05. The molecule has 2 amide bonds. The molecule has 86 valence electrons. The van der Waals surface area contributed by atoms with Gasteiger partial charge in [-0.3, -0.25) is 14.5 Å². The number of carbonyl (C=O) groups excluding carboxylic acids is 2. The fourth-order valence-corrected chi connectivity index (χ4v) is 2.64. The number of imide groups is 1. The molecule has 0 bridgehead atoms. The lowest BCUT2D eigenvalue weighted by atomic mass is 10.1. The molecule has 0 aromatic carbocycles. The number of hydrogen-bond donors (Lipinski definition) is 0. The van der Waals surface area contributed by atoms with Crippen molar-refractivity contribution in [2.24, 2.45) is 5.92 Å². The average Bonchev–Trinajstić information content (AvgIpc) is 2.80. The summed E-state index contributed by atoms with van der Waals surface area (Å²) in [7, 11) is 0.